The maximum Gasteiger partial charge on any atom is 0.320 e. The minimum absolute atomic E-state index is 0.0481. The van der Waals surface area contributed by atoms with Gasteiger partial charge < -0.3 is 19.3 Å². The molecule has 0 saturated carbocycles. The molecule has 0 atom stereocenters. The molecule has 0 bridgehead atoms. The normalized spacial score (nSPS) is 10.6. The van der Waals surface area contributed by atoms with Gasteiger partial charge in [0.2, 0.25) is 0 Å². The predicted octanol–water partition coefficient (Wildman–Crippen LogP) is -0.218. The SMILES string of the molecule is CO[SiH](CCCCOC(=O)CN)OC. The summed E-state index contributed by atoms with van der Waals surface area (Å²) in [5, 5.41) is 0. The number of carbonyl (C=O) groups is 1. The summed E-state index contributed by atoms with van der Waals surface area (Å²) in [5.41, 5.74) is 5.07. The Morgan fingerprint density at radius 3 is 2.43 bits per heavy atom. The maximum absolute atomic E-state index is 10.6. The van der Waals surface area contributed by atoms with Gasteiger partial charge in [0.1, 0.15) is 0 Å². The van der Waals surface area contributed by atoms with Crippen molar-refractivity contribution in [2.75, 3.05) is 27.4 Å². The van der Waals surface area contributed by atoms with E-state index in [1.807, 2.05) is 0 Å². The fourth-order valence-corrected chi connectivity index (χ4v) is 2.28. The van der Waals surface area contributed by atoms with Crippen LogP contribution in [0.2, 0.25) is 6.04 Å². The molecule has 0 heterocycles. The third-order valence-electron chi connectivity index (χ3n) is 1.79. The van der Waals surface area contributed by atoms with E-state index < -0.39 is 9.28 Å². The van der Waals surface area contributed by atoms with Crippen LogP contribution in [0.25, 0.3) is 0 Å². The average molecular weight is 221 g/mol. The molecular weight excluding hydrogens is 202 g/mol. The van der Waals surface area contributed by atoms with Crippen LogP contribution in [0.4, 0.5) is 0 Å². The van der Waals surface area contributed by atoms with E-state index in [1.54, 1.807) is 14.2 Å². The molecule has 0 aliphatic heterocycles. The third-order valence-corrected chi connectivity index (χ3v) is 3.72. The third kappa shape index (κ3) is 7.02. The molecule has 6 heteroatoms. The number of hydrogen-bond donors (Lipinski definition) is 1. The highest BCUT2D eigenvalue weighted by Gasteiger charge is 2.08. The highest BCUT2D eigenvalue weighted by Crippen LogP contribution is 2.02. The molecule has 0 amide bonds. The van der Waals surface area contributed by atoms with Crippen molar-refractivity contribution in [2.24, 2.45) is 5.73 Å². The van der Waals surface area contributed by atoms with Gasteiger partial charge in [0.05, 0.1) is 13.2 Å². The standard InChI is InChI=1S/C8H19NO4Si/c1-11-14(12-2)6-4-3-5-13-8(10)7-9/h14H,3-7,9H2,1-2H3. The second-order valence-electron chi connectivity index (χ2n) is 2.82. The first-order valence-electron chi connectivity index (χ1n) is 4.65. The van der Waals surface area contributed by atoms with Crippen LogP contribution in [0, 0.1) is 0 Å². The molecule has 0 fully saturated rings. The van der Waals surface area contributed by atoms with Gasteiger partial charge in [-0.15, -0.1) is 0 Å². The van der Waals surface area contributed by atoms with E-state index in [0.29, 0.717) is 6.61 Å². The zero-order chi connectivity index (χ0) is 10.8. The number of ether oxygens (including phenoxy) is 1. The van der Waals surface area contributed by atoms with Crippen molar-refractivity contribution in [3.8, 4) is 0 Å². The second-order valence-corrected chi connectivity index (χ2v) is 5.20. The molecule has 14 heavy (non-hydrogen) atoms. The van der Waals surface area contributed by atoms with Crippen LogP contribution in [0.1, 0.15) is 12.8 Å². The molecule has 5 nitrogen and oxygen atoms in total. The van der Waals surface area contributed by atoms with Crippen LogP contribution >= 0.6 is 0 Å². The molecule has 0 aliphatic rings. The first-order chi connectivity index (χ1) is 6.74. The fraction of sp³-hybridized carbons (Fsp3) is 0.875. The Hall–Kier alpha value is -0.433. The van der Waals surface area contributed by atoms with E-state index in [-0.39, 0.29) is 12.5 Å². The van der Waals surface area contributed by atoms with Crippen LogP contribution in [-0.2, 0) is 18.4 Å². The minimum atomic E-state index is -1.43. The molecule has 0 aliphatic carbocycles. The number of nitrogens with two attached hydrogens (primary N) is 1. The topological polar surface area (TPSA) is 70.8 Å². The van der Waals surface area contributed by atoms with Crippen LogP contribution < -0.4 is 5.73 Å². The lowest BCUT2D eigenvalue weighted by Crippen LogP contribution is -2.19. The summed E-state index contributed by atoms with van der Waals surface area (Å²) in [7, 11) is 1.89. The number of unbranched alkanes of at least 4 members (excludes halogenated alkanes) is 1. The predicted molar refractivity (Wildman–Crippen MR) is 55.2 cm³/mol. The van der Waals surface area contributed by atoms with Crippen LogP contribution in [0.15, 0.2) is 0 Å². The molecule has 0 rings (SSSR count). The van der Waals surface area contributed by atoms with Gasteiger partial charge in [0.15, 0.2) is 0 Å². The van der Waals surface area contributed by atoms with Crippen LogP contribution in [0.5, 0.6) is 0 Å². The first-order valence-corrected chi connectivity index (χ1v) is 6.41. The number of hydrogen-bond acceptors (Lipinski definition) is 5. The molecular formula is C8H19NO4Si. The Morgan fingerprint density at radius 1 is 1.29 bits per heavy atom. The van der Waals surface area contributed by atoms with E-state index in [1.165, 1.54) is 0 Å². The van der Waals surface area contributed by atoms with E-state index >= 15 is 0 Å². The van der Waals surface area contributed by atoms with E-state index in [9.17, 15) is 4.79 Å². The molecule has 0 aromatic rings. The summed E-state index contributed by atoms with van der Waals surface area (Å²) in [4.78, 5) is 10.6. The summed E-state index contributed by atoms with van der Waals surface area (Å²) in [6.45, 7) is 0.387. The Bertz CT molecular complexity index is 152. The zero-order valence-corrected chi connectivity index (χ0v) is 9.98. The van der Waals surface area contributed by atoms with E-state index in [0.717, 1.165) is 18.9 Å². The van der Waals surface area contributed by atoms with E-state index in [4.69, 9.17) is 19.3 Å². The van der Waals surface area contributed by atoms with Crippen molar-refractivity contribution < 1.29 is 18.4 Å². The van der Waals surface area contributed by atoms with Gasteiger partial charge in [0.25, 0.3) is 0 Å². The maximum atomic E-state index is 10.6. The Morgan fingerprint density at radius 2 is 1.93 bits per heavy atom. The highest BCUT2D eigenvalue weighted by molar-refractivity contribution is 6.44. The van der Waals surface area contributed by atoms with Gasteiger partial charge in [-0.25, -0.2) is 0 Å². The van der Waals surface area contributed by atoms with E-state index in [2.05, 4.69) is 0 Å². The molecule has 0 unspecified atom stereocenters. The van der Waals surface area contributed by atoms with Crippen LogP contribution in [0.3, 0.4) is 0 Å². The summed E-state index contributed by atoms with van der Waals surface area (Å²) < 4.78 is 15.1. The molecule has 0 spiro atoms. The lowest BCUT2D eigenvalue weighted by atomic mass is 10.4. The molecule has 0 radical (unpaired) electrons. The van der Waals surface area contributed by atoms with Gasteiger partial charge in [0, 0.05) is 14.2 Å². The highest BCUT2D eigenvalue weighted by atomic mass is 28.3. The van der Waals surface area contributed by atoms with Gasteiger partial charge in [-0.05, 0) is 18.9 Å². The van der Waals surface area contributed by atoms with Gasteiger partial charge in [-0.1, -0.05) is 0 Å². The van der Waals surface area contributed by atoms with Gasteiger partial charge in [-0.3, -0.25) is 4.79 Å². The Balaban J connectivity index is 3.24. The van der Waals surface area contributed by atoms with Crippen molar-refractivity contribution in [3.63, 3.8) is 0 Å². The monoisotopic (exact) mass is 221 g/mol. The molecule has 2 N–H and O–H groups in total. The average Bonchev–Trinajstić information content (AvgIpc) is 2.23. The molecule has 0 aromatic heterocycles. The van der Waals surface area contributed by atoms with Crippen molar-refractivity contribution >= 4 is 15.3 Å². The number of rotatable bonds is 8. The zero-order valence-electron chi connectivity index (χ0n) is 8.82. The summed E-state index contributed by atoms with van der Waals surface area (Å²) in [5.74, 6) is -0.350. The lowest BCUT2D eigenvalue weighted by Gasteiger charge is -2.10. The second kappa shape index (κ2) is 9.13. The summed E-state index contributed by atoms with van der Waals surface area (Å²) >= 11 is 0. The molecule has 0 saturated heterocycles. The van der Waals surface area contributed by atoms with Crippen molar-refractivity contribution in [2.45, 2.75) is 18.9 Å². The Kier molecular flexibility index (Phi) is 8.85. The first kappa shape index (κ1) is 13.6. The number of esters is 1. The molecule has 84 valence electrons. The summed E-state index contributed by atoms with van der Waals surface area (Å²) in [6.07, 6.45) is 1.79. The fourth-order valence-electron chi connectivity index (χ4n) is 0.990. The van der Waals surface area contributed by atoms with Crippen molar-refractivity contribution in [1.29, 1.82) is 0 Å². The lowest BCUT2D eigenvalue weighted by molar-refractivity contribution is -0.141. The Labute approximate surface area is 86.4 Å². The smallest absolute Gasteiger partial charge is 0.320 e. The largest absolute Gasteiger partial charge is 0.465 e. The van der Waals surface area contributed by atoms with Crippen molar-refractivity contribution in [3.05, 3.63) is 0 Å². The summed E-state index contributed by atoms with van der Waals surface area (Å²) in [6, 6.07) is 0.938. The van der Waals surface area contributed by atoms with Crippen molar-refractivity contribution in [1.82, 2.24) is 0 Å². The quantitative estimate of drug-likeness (QED) is 0.349. The molecule has 0 aromatic carbocycles. The minimum Gasteiger partial charge on any atom is -0.465 e. The van der Waals surface area contributed by atoms with Gasteiger partial charge in [-0.2, -0.15) is 0 Å². The number of carbonyl (C=O) groups excluding carboxylic acids is 1. The van der Waals surface area contributed by atoms with Gasteiger partial charge >= 0.3 is 15.3 Å². The van der Waals surface area contributed by atoms with Crippen LogP contribution in [-0.4, -0.2) is 42.6 Å².